The molecule has 0 radical (unpaired) electrons. The minimum absolute atomic E-state index is 0.225. The van der Waals surface area contributed by atoms with Crippen LogP contribution in [-0.4, -0.2) is 12.2 Å². The fraction of sp³-hybridized carbons (Fsp3) is 0.308. The van der Waals surface area contributed by atoms with E-state index in [1.807, 2.05) is 0 Å². The van der Waals surface area contributed by atoms with E-state index in [9.17, 15) is 9.59 Å². The van der Waals surface area contributed by atoms with Crippen molar-refractivity contribution in [1.29, 1.82) is 0 Å². The Morgan fingerprint density at radius 2 is 2.06 bits per heavy atom. The van der Waals surface area contributed by atoms with Crippen molar-refractivity contribution >= 4 is 23.6 Å². The van der Waals surface area contributed by atoms with Crippen LogP contribution in [-0.2, 0) is 4.79 Å². The average molecular weight is 230 g/mol. The van der Waals surface area contributed by atoms with Crippen LogP contribution < -0.4 is 5.32 Å². The lowest BCUT2D eigenvalue weighted by atomic mass is 9.95. The van der Waals surface area contributed by atoms with E-state index in [1.165, 1.54) is 0 Å². The van der Waals surface area contributed by atoms with Gasteiger partial charge in [-0.3, -0.25) is 9.59 Å². The second kappa shape index (κ2) is 4.79. The molecule has 0 heterocycles. The zero-order chi connectivity index (χ0) is 13.1. The van der Waals surface area contributed by atoms with Gasteiger partial charge in [-0.2, -0.15) is 0 Å². The Balaban J connectivity index is 3.18. The molecule has 0 saturated heterocycles. The summed E-state index contributed by atoms with van der Waals surface area (Å²) in [6, 6.07) is 4.75. The lowest BCUT2D eigenvalue weighted by Gasteiger charge is -2.19. The van der Waals surface area contributed by atoms with Crippen molar-refractivity contribution in [3.8, 4) is 0 Å². The second-order valence-electron chi connectivity index (χ2n) is 4.68. The van der Waals surface area contributed by atoms with Crippen LogP contribution in [0.2, 0.25) is 0 Å². The van der Waals surface area contributed by atoms with Gasteiger partial charge in [-0.15, -0.1) is 0 Å². The van der Waals surface area contributed by atoms with Crippen LogP contribution in [0.3, 0.4) is 0 Å². The van der Waals surface area contributed by atoms with Crippen LogP contribution in [0.1, 0.15) is 31.1 Å². The molecule has 0 spiro atoms. The average Bonchev–Trinajstić information content (AvgIpc) is 2.28. The van der Waals surface area contributed by atoms with Gasteiger partial charge in [0.15, 0.2) is 6.29 Å². The molecule has 0 bridgehead atoms. The minimum Gasteiger partial charge on any atom is -0.334 e. The lowest BCUT2D eigenvalue weighted by Crippen LogP contribution is -2.28. The van der Waals surface area contributed by atoms with Crippen molar-refractivity contribution in [2.24, 2.45) is 5.41 Å². The number of carbonyl (C=O) groups excluding carboxylic acids is 2. The van der Waals surface area contributed by atoms with E-state index in [1.54, 1.807) is 39.0 Å². The Morgan fingerprint density at radius 3 is 2.53 bits per heavy atom. The number of hydrogen-bond donors (Lipinski definition) is 1. The van der Waals surface area contributed by atoms with Crippen molar-refractivity contribution in [3.05, 3.63) is 35.2 Å². The summed E-state index contributed by atoms with van der Waals surface area (Å²) in [5, 5.41) is 2.64. The first-order valence-electron chi connectivity index (χ1n) is 5.17. The molecule has 4 heteroatoms. The summed E-state index contributed by atoms with van der Waals surface area (Å²) in [5.41, 5.74) is 0.302. The van der Waals surface area contributed by atoms with Gasteiger partial charge in [-0.05, 0) is 0 Å². The second-order valence-corrected chi connectivity index (χ2v) is 4.68. The summed E-state index contributed by atoms with van der Waals surface area (Å²) in [6.45, 7) is 12.3. The highest BCUT2D eigenvalue weighted by atomic mass is 16.2. The number of aldehydes is 1. The Hall–Kier alpha value is -2.15. The summed E-state index contributed by atoms with van der Waals surface area (Å²) >= 11 is 0. The molecule has 0 atom stereocenters. The van der Waals surface area contributed by atoms with Crippen LogP contribution in [0, 0.1) is 12.0 Å². The van der Waals surface area contributed by atoms with Crippen molar-refractivity contribution in [1.82, 2.24) is 0 Å². The summed E-state index contributed by atoms with van der Waals surface area (Å²) < 4.78 is 0. The van der Waals surface area contributed by atoms with Crippen LogP contribution in [0.5, 0.6) is 0 Å². The minimum atomic E-state index is -0.574. The fourth-order valence-corrected chi connectivity index (χ4v) is 1.19. The number of anilines is 1. The fourth-order valence-electron chi connectivity index (χ4n) is 1.19. The van der Waals surface area contributed by atoms with Gasteiger partial charge >= 0.3 is 0 Å². The lowest BCUT2D eigenvalue weighted by molar-refractivity contribution is -0.123. The van der Waals surface area contributed by atoms with Crippen LogP contribution in [0.4, 0.5) is 11.4 Å². The number of nitrogens with zero attached hydrogens (tertiary/aromatic N) is 1. The van der Waals surface area contributed by atoms with Crippen LogP contribution in [0.25, 0.3) is 4.85 Å². The molecule has 1 rings (SSSR count). The Bertz CT molecular complexity index is 493. The number of carbonyl (C=O) groups is 2. The third-order valence-corrected chi connectivity index (χ3v) is 2.24. The number of amides is 1. The quantitative estimate of drug-likeness (QED) is 0.627. The van der Waals surface area contributed by atoms with Gasteiger partial charge < -0.3 is 5.32 Å². The zero-order valence-corrected chi connectivity index (χ0v) is 10.1. The Labute approximate surface area is 100 Å². The molecule has 1 aromatic rings. The van der Waals surface area contributed by atoms with Gasteiger partial charge in [0.05, 0.1) is 12.3 Å². The van der Waals surface area contributed by atoms with Gasteiger partial charge in [0.2, 0.25) is 11.6 Å². The number of hydrogen-bond acceptors (Lipinski definition) is 2. The molecule has 1 amide bonds. The zero-order valence-electron chi connectivity index (χ0n) is 10.1. The topological polar surface area (TPSA) is 50.5 Å². The maximum Gasteiger partial charge on any atom is 0.228 e. The summed E-state index contributed by atoms with van der Waals surface area (Å²) in [4.78, 5) is 26.0. The van der Waals surface area contributed by atoms with Crippen molar-refractivity contribution in [2.45, 2.75) is 20.8 Å². The SMILES string of the molecule is [C-]#[N+]c1cccc(C=O)c1NC(=O)C(C)(C)C. The van der Waals surface area contributed by atoms with E-state index in [4.69, 9.17) is 6.57 Å². The molecule has 0 aromatic heterocycles. The highest BCUT2D eigenvalue weighted by Gasteiger charge is 2.23. The van der Waals surface area contributed by atoms with Gasteiger partial charge in [-0.1, -0.05) is 39.0 Å². The highest BCUT2D eigenvalue weighted by Crippen LogP contribution is 2.29. The standard InChI is InChI=1S/C13H14N2O2/c1-13(2,3)12(17)15-11-9(8-16)6-5-7-10(11)14-4/h5-8H,1-3H3,(H,15,17). The summed E-state index contributed by atoms with van der Waals surface area (Å²) in [7, 11) is 0. The van der Waals surface area contributed by atoms with E-state index in [2.05, 4.69) is 10.2 Å². The predicted molar refractivity (Wildman–Crippen MR) is 66.2 cm³/mol. The molecule has 0 saturated carbocycles. The number of nitrogens with one attached hydrogen (secondary N) is 1. The van der Waals surface area contributed by atoms with E-state index in [0.29, 0.717) is 11.8 Å². The first-order valence-corrected chi connectivity index (χ1v) is 5.17. The molecule has 0 aliphatic carbocycles. The Morgan fingerprint density at radius 1 is 1.41 bits per heavy atom. The van der Waals surface area contributed by atoms with Gasteiger partial charge in [0.1, 0.15) is 0 Å². The van der Waals surface area contributed by atoms with Crippen molar-refractivity contribution in [2.75, 3.05) is 5.32 Å². The molecule has 0 aliphatic rings. The molecule has 1 N–H and O–H groups in total. The molecule has 88 valence electrons. The van der Waals surface area contributed by atoms with E-state index >= 15 is 0 Å². The third-order valence-electron chi connectivity index (χ3n) is 2.24. The van der Waals surface area contributed by atoms with Gasteiger partial charge in [0, 0.05) is 11.0 Å². The van der Waals surface area contributed by atoms with Gasteiger partial charge in [-0.25, -0.2) is 4.85 Å². The highest BCUT2D eigenvalue weighted by molar-refractivity contribution is 6.02. The maximum atomic E-state index is 11.8. The summed E-state index contributed by atoms with van der Waals surface area (Å²) in [6.07, 6.45) is 0.632. The molecule has 0 unspecified atom stereocenters. The van der Waals surface area contributed by atoms with Gasteiger partial charge in [0.25, 0.3) is 0 Å². The molecular weight excluding hydrogens is 216 g/mol. The Kier molecular flexibility index (Phi) is 3.64. The van der Waals surface area contributed by atoms with Crippen molar-refractivity contribution < 1.29 is 9.59 Å². The van der Waals surface area contributed by atoms with E-state index in [0.717, 1.165) is 0 Å². The molecule has 0 fully saturated rings. The first kappa shape index (κ1) is 12.9. The molecule has 17 heavy (non-hydrogen) atoms. The third kappa shape index (κ3) is 2.91. The van der Waals surface area contributed by atoms with Crippen LogP contribution >= 0.6 is 0 Å². The largest absolute Gasteiger partial charge is 0.334 e. The number of rotatable bonds is 2. The normalized spacial score (nSPS) is 10.5. The van der Waals surface area contributed by atoms with Crippen LogP contribution in [0.15, 0.2) is 18.2 Å². The predicted octanol–water partition coefficient (Wildman–Crippen LogP) is 3.03. The molecule has 4 nitrogen and oxygen atoms in total. The number of benzene rings is 1. The van der Waals surface area contributed by atoms with E-state index in [-0.39, 0.29) is 17.3 Å². The monoisotopic (exact) mass is 230 g/mol. The van der Waals surface area contributed by atoms with Crippen molar-refractivity contribution in [3.63, 3.8) is 0 Å². The smallest absolute Gasteiger partial charge is 0.228 e. The molecule has 1 aromatic carbocycles. The first-order chi connectivity index (χ1) is 7.90. The summed E-state index contributed by atoms with van der Waals surface area (Å²) in [5.74, 6) is -0.225. The molecular formula is C13H14N2O2. The molecule has 0 aliphatic heterocycles. The maximum absolute atomic E-state index is 11.8. The number of para-hydroxylation sites is 1. The van der Waals surface area contributed by atoms with E-state index < -0.39 is 5.41 Å².